The zero-order valence-corrected chi connectivity index (χ0v) is 10.6. The summed E-state index contributed by atoms with van der Waals surface area (Å²) in [7, 11) is 0. The van der Waals surface area contributed by atoms with Crippen molar-refractivity contribution in [3.63, 3.8) is 0 Å². The van der Waals surface area contributed by atoms with E-state index in [0.29, 0.717) is 12.8 Å². The lowest BCUT2D eigenvalue weighted by atomic mass is 10.1. The largest absolute Gasteiger partial charge is 0.454 e. The summed E-state index contributed by atoms with van der Waals surface area (Å²) in [5, 5.41) is 7.00. The van der Waals surface area contributed by atoms with Crippen LogP contribution >= 0.6 is 0 Å². The molecule has 4 heteroatoms. The normalized spacial score (nSPS) is 21.4. The first-order valence-corrected chi connectivity index (χ1v) is 6.74. The topological polar surface area (TPSA) is 42.5 Å². The number of ether oxygens (including phenoxy) is 2. The van der Waals surface area contributed by atoms with E-state index in [2.05, 4.69) is 22.8 Å². The van der Waals surface area contributed by atoms with Gasteiger partial charge in [0.25, 0.3) is 0 Å². The van der Waals surface area contributed by atoms with E-state index in [9.17, 15) is 0 Å². The number of hydrogen-bond donors (Lipinski definition) is 2. The molecule has 2 aliphatic heterocycles. The number of rotatable bonds is 5. The van der Waals surface area contributed by atoms with Gasteiger partial charge in [-0.05, 0) is 50.0 Å². The molecule has 1 fully saturated rings. The van der Waals surface area contributed by atoms with Crippen LogP contribution in [0.15, 0.2) is 18.2 Å². The Bertz CT molecular complexity index is 403. The summed E-state index contributed by atoms with van der Waals surface area (Å²) in [5.41, 5.74) is 1.25. The van der Waals surface area contributed by atoms with Crippen molar-refractivity contribution in [1.29, 1.82) is 0 Å². The monoisotopic (exact) mass is 248 g/mol. The molecule has 0 aromatic heterocycles. The van der Waals surface area contributed by atoms with E-state index in [1.54, 1.807) is 0 Å². The van der Waals surface area contributed by atoms with Gasteiger partial charge in [0.15, 0.2) is 11.5 Å². The lowest BCUT2D eigenvalue weighted by Gasteiger charge is -2.10. The molecule has 0 spiro atoms. The summed E-state index contributed by atoms with van der Waals surface area (Å²) < 4.78 is 10.7. The Hall–Kier alpha value is -1.26. The van der Waals surface area contributed by atoms with E-state index >= 15 is 0 Å². The lowest BCUT2D eigenvalue weighted by molar-refractivity contribution is 0.174. The molecular formula is C14H20N2O2. The Morgan fingerprint density at radius 2 is 2.22 bits per heavy atom. The van der Waals surface area contributed by atoms with Crippen LogP contribution in [-0.2, 0) is 6.54 Å². The van der Waals surface area contributed by atoms with Crippen LogP contribution in [0.4, 0.5) is 0 Å². The molecule has 3 rings (SSSR count). The van der Waals surface area contributed by atoms with Gasteiger partial charge in [0.2, 0.25) is 6.79 Å². The van der Waals surface area contributed by atoms with Crippen molar-refractivity contribution in [2.24, 2.45) is 0 Å². The van der Waals surface area contributed by atoms with Crippen molar-refractivity contribution in [1.82, 2.24) is 10.6 Å². The minimum absolute atomic E-state index is 0.347. The predicted octanol–water partition coefficient (Wildman–Crippen LogP) is 1.65. The number of fused-ring (bicyclic) bond motifs is 1. The Kier molecular flexibility index (Phi) is 3.67. The molecule has 0 bridgehead atoms. The number of benzene rings is 1. The minimum Gasteiger partial charge on any atom is -0.454 e. The van der Waals surface area contributed by atoms with Gasteiger partial charge in [0.1, 0.15) is 0 Å². The fourth-order valence-corrected chi connectivity index (χ4v) is 2.56. The Morgan fingerprint density at radius 3 is 3.11 bits per heavy atom. The Morgan fingerprint density at radius 1 is 1.28 bits per heavy atom. The SMILES string of the molecule is c1cc2c(cc1CNCCC1CCCN1)OCO2. The molecule has 1 unspecified atom stereocenters. The molecule has 2 aliphatic rings. The molecule has 1 saturated heterocycles. The van der Waals surface area contributed by atoms with Crippen LogP contribution in [0.3, 0.4) is 0 Å². The van der Waals surface area contributed by atoms with Crippen LogP contribution in [0, 0.1) is 0 Å². The second-order valence-electron chi connectivity index (χ2n) is 4.95. The molecule has 98 valence electrons. The van der Waals surface area contributed by atoms with E-state index in [-0.39, 0.29) is 0 Å². The summed E-state index contributed by atoms with van der Waals surface area (Å²) >= 11 is 0. The fourth-order valence-electron chi connectivity index (χ4n) is 2.56. The molecular weight excluding hydrogens is 228 g/mol. The third-order valence-corrected chi connectivity index (χ3v) is 3.60. The van der Waals surface area contributed by atoms with Gasteiger partial charge in [-0.1, -0.05) is 6.07 Å². The second-order valence-corrected chi connectivity index (χ2v) is 4.95. The van der Waals surface area contributed by atoms with Crippen LogP contribution < -0.4 is 20.1 Å². The van der Waals surface area contributed by atoms with Gasteiger partial charge in [-0.15, -0.1) is 0 Å². The molecule has 0 radical (unpaired) electrons. The highest BCUT2D eigenvalue weighted by Gasteiger charge is 2.14. The van der Waals surface area contributed by atoms with Crippen molar-refractivity contribution >= 4 is 0 Å². The summed E-state index contributed by atoms with van der Waals surface area (Å²) in [4.78, 5) is 0. The Labute approximate surface area is 108 Å². The molecule has 1 aromatic rings. The standard InChI is InChI=1S/C14H20N2O2/c1-2-12(16-6-1)5-7-15-9-11-3-4-13-14(8-11)18-10-17-13/h3-4,8,12,15-16H,1-2,5-7,9-10H2. The van der Waals surface area contributed by atoms with E-state index in [4.69, 9.17) is 9.47 Å². The van der Waals surface area contributed by atoms with Gasteiger partial charge in [0.05, 0.1) is 0 Å². The van der Waals surface area contributed by atoms with E-state index in [1.807, 2.05) is 6.07 Å². The predicted molar refractivity (Wildman–Crippen MR) is 69.9 cm³/mol. The van der Waals surface area contributed by atoms with Crippen LogP contribution in [-0.4, -0.2) is 25.9 Å². The maximum atomic E-state index is 5.37. The third-order valence-electron chi connectivity index (χ3n) is 3.60. The van der Waals surface area contributed by atoms with E-state index in [0.717, 1.165) is 24.6 Å². The molecule has 0 saturated carbocycles. The lowest BCUT2D eigenvalue weighted by Crippen LogP contribution is -2.26. The van der Waals surface area contributed by atoms with Crippen molar-refractivity contribution in [3.05, 3.63) is 23.8 Å². The zero-order valence-electron chi connectivity index (χ0n) is 10.6. The zero-order chi connectivity index (χ0) is 12.2. The summed E-state index contributed by atoms with van der Waals surface area (Å²) in [6.45, 7) is 3.49. The minimum atomic E-state index is 0.347. The highest BCUT2D eigenvalue weighted by molar-refractivity contribution is 5.44. The van der Waals surface area contributed by atoms with Crippen LogP contribution in [0.2, 0.25) is 0 Å². The molecule has 0 amide bonds. The van der Waals surface area contributed by atoms with E-state index in [1.165, 1.54) is 31.4 Å². The van der Waals surface area contributed by atoms with Gasteiger partial charge in [-0.25, -0.2) is 0 Å². The highest BCUT2D eigenvalue weighted by atomic mass is 16.7. The molecule has 4 nitrogen and oxygen atoms in total. The smallest absolute Gasteiger partial charge is 0.231 e. The van der Waals surface area contributed by atoms with Crippen LogP contribution in [0.25, 0.3) is 0 Å². The molecule has 18 heavy (non-hydrogen) atoms. The summed E-state index contributed by atoms with van der Waals surface area (Å²) in [5.74, 6) is 1.72. The molecule has 2 heterocycles. The highest BCUT2D eigenvalue weighted by Crippen LogP contribution is 2.32. The van der Waals surface area contributed by atoms with E-state index < -0.39 is 0 Å². The maximum absolute atomic E-state index is 5.37. The Balaban J connectivity index is 1.42. The molecule has 1 atom stereocenters. The van der Waals surface area contributed by atoms with Gasteiger partial charge < -0.3 is 20.1 Å². The summed E-state index contributed by atoms with van der Waals surface area (Å²) in [6, 6.07) is 6.85. The number of hydrogen-bond acceptors (Lipinski definition) is 4. The van der Waals surface area contributed by atoms with Crippen molar-refractivity contribution in [2.75, 3.05) is 19.9 Å². The second kappa shape index (κ2) is 5.59. The molecule has 0 aliphatic carbocycles. The van der Waals surface area contributed by atoms with Crippen LogP contribution in [0.5, 0.6) is 11.5 Å². The quantitative estimate of drug-likeness (QED) is 0.778. The third kappa shape index (κ3) is 2.76. The van der Waals surface area contributed by atoms with Gasteiger partial charge in [-0.3, -0.25) is 0 Å². The average Bonchev–Trinajstić information content (AvgIpc) is 3.05. The first kappa shape index (κ1) is 11.8. The summed E-state index contributed by atoms with van der Waals surface area (Å²) in [6.07, 6.45) is 3.86. The van der Waals surface area contributed by atoms with Crippen LogP contribution in [0.1, 0.15) is 24.8 Å². The maximum Gasteiger partial charge on any atom is 0.231 e. The molecule has 2 N–H and O–H groups in total. The van der Waals surface area contributed by atoms with Crippen molar-refractivity contribution in [3.8, 4) is 11.5 Å². The first-order chi connectivity index (χ1) is 8.92. The van der Waals surface area contributed by atoms with Crippen molar-refractivity contribution < 1.29 is 9.47 Å². The average molecular weight is 248 g/mol. The number of nitrogens with one attached hydrogen (secondary N) is 2. The van der Waals surface area contributed by atoms with Gasteiger partial charge >= 0.3 is 0 Å². The van der Waals surface area contributed by atoms with Gasteiger partial charge in [-0.2, -0.15) is 0 Å². The molecule has 1 aromatic carbocycles. The van der Waals surface area contributed by atoms with Crippen molar-refractivity contribution in [2.45, 2.75) is 31.8 Å². The first-order valence-electron chi connectivity index (χ1n) is 6.74. The van der Waals surface area contributed by atoms with Gasteiger partial charge in [0, 0.05) is 12.6 Å². The fraction of sp³-hybridized carbons (Fsp3) is 0.571.